The highest BCUT2D eigenvalue weighted by Crippen LogP contribution is 2.22. The van der Waals surface area contributed by atoms with Gasteiger partial charge in [0, 0.05) is 23.2 Å². The molecule has 1 aromatic carbocycles. The third kappa shape index (κ3) is 2.78. The largest absolute Gasteiger partial charge is 0.355 e. The number of rotatable bonds is 4. The molecule has 0 atom stereocenters. The predicted molar refractivity (Wildman–Crippen MR) is 69.5 cm³/mol. The average Bonchev–Trinajstić information content (AvgIpc) is 2.86. The zero-order chi connectivity index (χ0) is 13.0. The number of carbonyl (C=O) groups excluding carboxylic acids is 1. The van der Waals surface area contributed by atoms with Crippen molar-refractivity contribution in [2.24, 2.45) is 0 Å². The van der Waals surface area contributed by atoms with Gasteiger partial charge in [-0.05, 0) is 24.3 Å². The normalized spacial score (nSPS) is 10.1. The Morgan fingerprint density at radius 2 is 2.17 bits per heavy atom. The quantitative estimate of drug-likeness (QED) is 0.862. The average molecular weight is 263 g/mol. The van der Waals surface area contributed by atoms with Crippen LogP contribution in [0.1, 0.15) is 10.5 Å². The molecule has 4 nitrogen and oxygen atoms in total. The Bertz CT molecular complexity index is 561. The number of carbonyl (C=O) groups is 1. The van der Waals surface area contributed by atoms with E-state index in [4.69, 9.17) is 16.1 Å². The fraction of sp³-hybridized carbons (Fsp3) is 0.0769. The van der Waals surface area contributed by atoms with Gasteiger partial charge in [-0.3, -0.25) is 4.79 Å². The molecular weight excluding hydrogens is 252 g/mol. The van der Waals surface area contributed by atoms with Crippen molar-refractivity contribution in [3.05, 3.63) is 53.7 Å². The zero-order valence-corrected chi connectivity index (χ0v) is 10.3. The Balaban J connectivity index is 2.17. The first kappa shape index (κ1) is 12.4. The number of hydrogen-bond acceptors (Lipinski definition) is 3. The van der Waals surface area contributed by atoms with Gasteiger partial charge in [0.05, 0.1) is 0 Å². The number of nitrogens with one attached hydrogen (secondary N) is 1. The van der Waals surface area contributed by atoms with Crippen molar-refractivity contribution in [3.8, 4) is 11.3 Å². The minimum Gasteiger partial charge on any atom is -0.355 e. The third-order valence-electron chi connectivity index (χ3n) is 2.28. The molecule has 1 aromatic heterocycles. The van der Waals surface area contributed by atoms with Gasteiger partial charge >= 0.3 is 0 Å². The molecule has 2 aromatic rings. The maximum absolute atomic E-state index is 11.6. The van der Waals surface area contributed by atoms with Crippen molar-refractivity contribution in [2.45, 2.75) is 0 Å². The van der Waals surface area contributed by atoms with Gasteiger partial charge in [0.15, 0.2) is 11.5 Å². The lowest BCUT2D eigenvalue weighted by molar-refractivity contribution is 0.0949. The van der Waals surface area contributed by atoms with Crippen LogP contribution < -0.4 is 5.32 Å². The van der Waals surface area contributed by atoms with E-state index in [-0.39, 0.29) is 11.6 Å². The summed E-state index contributed by atoms with van der Waals surface area (Å²) in [6.45, 7) is 3.91. The fourth-order valence-electron chi connectivity index (χ4n) is 1.39. The molecule has 1 heterocycles. The zero-order valence-electron chi connectivity index (χ0n) is 9.52. The Morgan fingerprint density at radius 1 is 1.44 bits per heavy atom. The lowest BCUT2D eigenvalue weighted by Crippen LogP contribution is -2.23. The summed E-state index contributed by atoms with van der Waals surface area (Å²) in [5, 5.41) is 6.98. The molecule has 0 fully saturated rings. The Morgan fingerprint density at radius 3 is 2.83 bits per heavy atom. The Hall–Kier alpha value is -2.07. The number of hydrogen-bond donors (Lipinski definition) is 1. The van der Waals surface area contributed by atoms with E-state index >= 15 is 0 Å². The van der Waals surface area contributed by atoms with Crippen LogP contribution in [0.15, 0.2) is 47.5 Å². The van der Waals surface area contributed by atoms with Crippen LogP contribution in [0.4, 0.5) is 0 Å². The first-order valence-corrected chi connectivity index (χ1v) is 5.70. The third-order valence-corrected chi connectivity index (χ3v) is 2.53. The van der Waals surface area contributed by atoms with Gasteiger partial charge in [-0.1, -0.05) is 22.8 Å². The topological polar surface area (TPSA) is 55.1 Å². The van der Waals surface area contributed by atoms with Crippen molar-refractivity contribution < 1.29 is 9.32 Å². The van der Waals surface area contributed by atoms with Gasteiger partial charge in [-0.25, -0.2) is 0 Å². The predicted octanol–water partition coefficient (Wildman–Crippen LogP) is 2.91. The Labute approximate surface area is 109 Å². The molecule has 92 valence electrons. The van der Waals surface area contributed by atoms with E-state index in [0.717, 1.165) is 5.56 Å². The molecule has 0 aliphatic carbocycles. The lowest BCUT2D eigenvalue weighted by atomic mass is 10.1. The van der Waals surface area contributed by atoms with Crippen molar-refractivity contribution in [1.82, 2.24) is 10.5 Å². The number of halogens is 1. The van der Waals surface area contributed by atoms with E-state index in [2.05, 4.69) is 17.1 Å². The summed E-state index contributed by atoms with van der Waals surface area (Å²) in [6.07, 6.45) is 1.60. The van der Waals surface area contributed by atoms with Gasteiger partial charge in [-0.2, -0.15) is 0 Å². The number of benzene rings is 1. The van der Waals surface area contributed by atoms with Gasteiger partial charge < -0.3 is 9.84 Å². The SMILES string of the molecule is C=CCNC(=O)c1cc(-c2ccc(Cl)cc2)on1. The van der Waals surface area contributed by atoms with Crippen molar-refractivity contribution >= 4 is 17.5 Å². The second kappa shape index (κ2) is 5.51. The van der Waals surface area contributed by atoms with Crippen LogP contribution in [-0.2, 0) is 0 Å². The highest BCUT2D eigenvalue weighted by Gasteiger charge is 2.12. The van der Waals surface area contributed by atoms with Crippen molar-refractivity contribution in [2.75, 3.05) is 6.54 Å². The standard InChI is InChI=1S/C13H11ClN2O2/c1-2-7-15-13(17)11-8-12(18-16-11)9-3-5-10(14)6-4-9/h2-6,8H,1,7H2,(H,15,17). The molecule has 0 radical (unpaired) electrons. The monoisotopic (exact) mass is 262 g/mol. The van der Waals surface area contributed by atoms with E-state index in [1.165, 1.54) is 0 Å². The highest BCUT2D eigenvalue weighted by atomic mass is 35.5. The molecule has 0 spiro atoms. The molecule has 0 unspecified atom stereocenters. The summed E-state index contributed by atoms with van der Waals surface area (Å²) < 4.78 is 5.11. The van der Waals surface area contributed by atoms with Crippen molar-refractivity contribution in [1.29, 1.82) is 0 Å². The molecule has 0 saturated carbocycles. The van der Waals surface area contributed by atoms with E-state index in [1.54, 1.807) is 36.4 Å². The second-order valence-corrected chi connectivity index (χ2v) is 4.02. The molecule has 0 saturated heterocycles. The summed E-state index contributed by atoms with van der Waals surface area (Å²) in [5.74, 6) is 0.231. The van der Waals surface area contributed by atoms with Gasteiger partial charge in [-0.15, -0.1) is 6.58 Å². The molecule has 0 aliphatic rings. The van der Waals surface area contributed by atoms with Gasteiger partial charge in [0.1, 0.15) is 0 Å². The minimum absolute atomic E-state index is 0.238. The summed E-state index contributed by atoms with van der Waals surface area (Å²) in [7, 11) is 0. The van der Waals surface area contributed by atoms with Gasteiger partial charge in [0.25, 0.3) is 5.91 Å². The molecule has 2 rings (SSSR count). The molecule has 0 aliphatic heterocycles. The maximum atomic E-state index is 11.6. The Kier molecular flexibility index (Phi) is 3.79. The van der Waals surface area contributed by atoms with E-state index in [9.17, 15) is 4.79 Å². The van der Waals surface area contributed by atoms with Crippen LogP contribution in [0.25, 0.3) is 11.3 Å². The van der Waals surface area contributed by atoms with Crippen LogP contribution in [0, 0.1) is 0 Å². The maximum Gasteiger partial charge on any atom is 0.273 e. The van der Waals surface area contributed by atoms with Crippen molar-refractivity contribution in [3.63, 3.8) is 0 Å². The van der Waals surface area contributed by atoms with Gasteiger partial charge in [0.2, 0.25) is 0 Å². The van der Waals surface area contributed by atoms with E-state index in [0.29, 0.717) is 17.3 Å². The number of nitrogens with zero attached hydrogens (tertiary/aromatic N) is 1. The first-order valence-electron chi connectivity index (χ1n) is 5.32. The van der Waals surface area contributed by atoms with Crippen LogP contribution in [0.2, 0.25) is 5.02 Å². The molecular formula is C13H11ClN2O2. The fourth-order valence-corrected chi connectivity index (χ4v) is 1.51. The van der Waals surface area contributed by atoms with Crippen LogP contribution in [-0.4, -0.2) is 17.6 Å². The minimum atomic E-state index is -0.293. The number of amides is 1. The van der Waals surface area contributed by atoms with E-state index in [1.807, 2.05) is 0 Å². The van der Waals surface area contributed by atoms with Crippen LogP contribution >= 0.6 is 11.6 Å². The summed E-state index contributed by atoms with van der Waals surface area (Å²) in [6, 6.07) is 8.68. The molecule has 18 heavy (non-hydrogen) atoms. The molecule has 1 N–H and O–H groups in total. The second-order valence-electron chi connectivity index (χ2n) is 3.58. The van der Waals surface area contributed by atoms with Crippen LogP contribution in [0.3, 0.4) is 0 Å². The molecule has 5 heteroatoms. The number of aromatic nitrogens is 1. The highest BCUT2D eigenvalue weighted by molar-refractivity contribution is 6.30. The summed E-state index contributed by atoms with van der Waals surface area (Å²) >= 11 is 5.79. The smallest absolute Gasteiger partial charge is 0.273 e. The molecule has 1 amide bonds. The summed E-state index contributed by atoms with van der Waals surface area (Å²) in [4.78, 5) is 11.6. The lowest BCUT2D eigenvalue weighted by Gasteiger charge is -1.95. The van der Waals surface area contributed by atoms with E-state index < -0.39 is 0 Å². The van der Waals surface area contributed by atoms with Crippen LogP contribution in [0.5, 0.6) is 0 Å². The first-order chi connectivity index (χ1) is 8.70. The molecule has 0 bridgehead atoms. The summed E-state index contributed by atoms with van der Waals surface area (Å²) in [5.41, 5.74) is 1.05.